The summed E-state index contributed by atoms with van der Waals surface area (Å²) in [5, 5.41) is 0. The van der Waals surface area contributed by atoms with E-state index in [0.717, 1.165) is 0 Å². The normalized spacial score (nSPS) is 13.4. The molecule has 13 heavy (non-hydrogen) atoms. The monoisotopic (exact) mass is 174 g/mol. The lowest BCUT2D eigenvalue weighted by atomic mass is 10.0. The molecular formula is C13H18. The third-order valence-corrected chi connectivity index (χ3v) is 2.21. The van der Waals surface area contributed by atoms with Gasteiger partial charge in [-0.25, -0.2) is 0 Å². The molecule has 0 spiro atoms. The minimum absolute atomic E-state index is 0.549. The Labute approximate surface area is 81.3 Å². The largest absolute Gasteiger partial charge is 0.0879 e. The van der Waals surface area contributed by atoms with E-state index in [1.165, 1.54) is 18.4 Å². The SMILES string of the molecule is CCCC=CC(C)c1ccccc1. The zero-order chi connectivity index (χ0) is 9.52. The van der Waals surface area contributed by atoms with Crippen LogP contribution in [0.15, 0.2) is 42.5 Å². The molecule has 0 aromatic heterocycles. The number of hydrogen-bond donors (Lipinski definition) is 0. The van der Waals surface area contributed by atoms with Gasteiger partial charge in [0, 0.05) is 0 Å². The van der Waals surface area contributed by atoms with Gasteiger partial charge in [-0.15, -0.1) is 0 Å². The summed E-state index contributed by atoms with van der Waals surface area (Å²) in [7, 11) is 0. The molecule has 0 N–H and O–H groups in total. The quantitative estimate of drug-likeness (QED) is 0.602. The van der Waals surface area contributed by atoms with Crippen LogP contribution in [0.1, 0.15) is 38.2 Å². The summed E-state index contributed by atoms with van der Waals surface area (Å²) in [4.78, 5) is 0. The zero-order valence-electron chi connectivity index (χ0n) is 8.53. The molecule has 0 radical (unpaired) electrons. The summed E-state index contributed by atoms with van der Waals surface area (Å²) in [5.41, 5.74) is 1.40. The van der Waals surface area contributed by atoms with Gasteiger partial charge in [0.2, 0.25) is 0 Å². The van der Waals surface area contributed by atoms with Gasteiger partial charge in [0.15, 0.2) is 0 Å². The first-order valence-corrected chi connectivity index (χ1v) is 5.06. The maximum Gasteiger partial charge on any atom is -0.00104 e. The maximum absolute atomic E-state index is 2.29. The van der Waals surface area contributed by atoms with Crippen LogP contribution in [0.5, 0.6) is 0 Å². The Balaban J connectivity index is 2.53. The van der Waals surface area contributed by atoms with Gasteiger partial charge in [0.05, 0.1) is 0 Å². The van der Waals surface area contributed by atoms with E-state index < -0.39 is 0 Å². The highest BCUT2D eigenvalue weighted by molar-refractivity contribution is 5.22. The molecule has 70 valence electrons. The molecule has 0 amide bonds. The molecule has 0 heteroatoms. The molecule has 1 aromatic carbocycles. The van der Waals surface area contributed by atoms with Crippen LogP contribution >= 0.6 is 0 Å². The number of hydrogen-bond acceptors (Lipinski definition) is 0. The topological polar surface area (TPSA) is 0 Å². The lowest BCUT2D eigenvalue weighted by Crippen LogP contribution is -1.87. The van der Waals surface area contributed by atoms with E-state index in [2.05, 4.69) is 56.3 Å². The predicted octanol–water partition coefficient (Wildman–Crippen LogP) is 4.15. The van der Waals surface area contributed by atoms with Crippen molar-refractivity contribution in [3.8, 4) is 0 Å². The Hall–Kier alpha value is -1.04. The van der Waals surface area contributed by atoms with Crippen molar-refractivity contribution in [2.75, 3.05) is 0 Å². The van der Waals surface area contributed by atoms with Crippen molar-refractivity contribution in [3.05, 3.63) is 48.0 Å². The lowest BCUT2D eigenvalue weighted by Gasteiger charge is -2.05. The second-order valence-electron chi connectivity index (χ2n) is 3.42. The van der Waals surface area contributed by atoms with Crippen LogP contribution < -0.4 is 0 Å². The highest BCUT2D eigenvalue weighted by Gasteiger charge is 1.97. The average Bonchev–Trinajstić information content (AvgIpc) is 2.19. The fourth-order valence-corrected chi connectivity index (χ4v) is 1.33. The van der Waals surface area contributed by atoms with Crippen molar-refractivity contribution in [1.82, 2.24) is 0 Å². The Kier molecular flexibility index (Phi) is 4.31. The van der Waals surface area contributed by atoms with Crippen LogP contribution in [0.25, 0.3) is 0 Å². The summed E-state index contributed by atoms with van der Waals surface area (Å²) >= 11 is 0. The van der Waals surface area contributed by atoms with E-state index in [1.54, 1.807) is 0 Å². The minimum atomic E-state index is 0.549. The van der Waals surface area contributed by atoms with E-state index in [9.17, 15) is 0 Å². The second-order valence-corrected chi connectivity index (χ2v) is 3.42. The van der Waals surface area contributed by atoms with E-state index in [1.807, 2.05) is 0 Å². The van der Waals surface area contributed by atoms with Crippen molar-refractivity contribution >= 4 is 0 Å². The summed E-state index contributed by atoms with van der Waals surface area (Å²) in [6, 6.07) is 10.6. The number of rotatable bonds is 4. The number of benzene rings is 1. The molecule has 0 saturated carbocycles. The highest BCUT2D eigenvalue weighted by atomic mass is 14.0. The average molecular weight is 174 g/mol. The molecule has 1 atom stereocenters. The van der Waals surface area contributed by atoms with Crippen LogP contribution in [-0.4, -0.2) is 0 Å². The van der Waals surface area contributed by atoms with Crippen molar-refractivity contribution in [1.29, 1.82) is 0 Å². The van der Waals surface area contributed by atoms with E-state index in [4.69, 9.17) is 0 Å². The Morgan fingerprint density at radius 3 is 2.54 bits per heavy atom. The van der Waals surface area contributed by atoms with Gasteiger partial charge < -0.3 is 0 Å². The van der Waals surface area contributed by atoms with Crippen LogP contribution in [0, 0.1) is 0 Å². The summed E-state index contributed by atoms with van der Waals surface area (Å²) in [6.07, 6.45) is 6.99. The molecule has 0 fully saturated rings. The minimum Gasteiger partial charge on any atom is -0.0879 e. The van der Waals surface area contributed by atoms with E-state index in [0.29, 0.717) is 5.92 Å². The number of unbranched alkanes of at least 4 members (excludes halogenated alkanes) is 1. The Morgan fingerprint density at radius 1 is 1.23 bits per heavy atom. The molecule has 0 aliphatic heterocycles. The smallest absolute Gasteiger partial charge is 0.00104 e. The molecule has 0 nitrogen and oxygen atoms in total. The molecule has 0 heterocycles. The van der Waals surface area contributed by atoms with Gasteiger partial charge in [-0.1, -0.05) is 62.8 Å². The van der Waals surface area contributed by atoms with Gasteiger partial charge in [-0.05, 0) is 17.9 Å². The molecule has 1 rings (SSSR count). The van der Waals surface area contributed by atoms with E-state index in [-0.39, 0.29) is 0 Å². The molecule has 0 aliphatic carbocycles. The van der Waals surface area contributed by atoms with Gasteiger partial charge >= 0.3 is 0 Å². The molecule has 1 unspecified atom stereocenters. The van der Waals surface area contributed by atoms with Gasteiger partial charge in [-0.3, -0.25) is 0 Å². The van der Waals surface area contributed by atoms with Gasteiger partial charge in [0.25, 0.3) is 0 Å². The summed E-state index contributed by atoms with van der Waals surface area (Å²) in [5.74, 6) is 0.549. The molecule has 0 bridgehead atoms. The number of allylic oxidation sites excluding steroid dienone is 2. The first-order chi connectivity index (χ1) is 6.34. The molecular weight excluding hydrogens is 156 g/mol. The van der Waals surface area contributed by atoms with Crippen LogP contribution in [-0.2, 0) is 0 Å². The summed E-state index contributed by atoms with van der Waals surface area (Å²) in [6.45, 7) is 4.44. The van der Waals surface area contributed by atoms with Gasteiger partial charge in [0.1, 0.15) is 0 Å². The third-order valence-electron chi connectivity index (χ3n) is 2.21. The fourth-order valence-electron chi connectivity index (χ4n) is 1.33. The second kappa shape index (κ2) is 5.58. The molecule has 0 aliphatic rings. The van der Waals surface area contributed by atoms with Crippen molar-refractivity contribution in [2.45, 2.75) is 32.6 Å². The lowest BCUT2D eigenvalue weighted by molar-refractivity contribution is 0.918. The van der Waals surface area contributed by atoms with Crippen LogP contribution in [0.3, 0.4) is 0 Å². The van der Waals surface area contributed by atoms with Gasteiger partial charge in [-0.2, -0.15) is 0 Å². The predicted molar refractivity (Wildman–Crippen MR) is 58.9 cm³/mol. The Bertz CT molecular complexity index is 246. The van der Waals surface area contributed by atoms with E-state index >= 15 is 0 Å². The van der Waals surface area contributed by atoms with Crippen molar-refractivity contribution in [3.63, 3.8) is 0 Å². The zero-order valence-corrected chi connectivity index (χ0v) is 8.53. The first kappa shape index (κ1) is 10.0. The highest BCUT2D eigenvalue weighted by Crippen LogP contribution is 2.15. The van der Waals surface area contributed by atoms with Crippen molar-refractivity contribution in [2.24, 2.45) is 0 Å². The summed E-state index contributed by atoms with van der Waals surface area (Å²) < 4.78 is 0. The molecule has 1 aromatic rings. The Morgan fingerprint density at radius 2 is 1.92 bits per heavy atom. The van der Waals surface area contributed by atoms with Crippen LogP contribution in [0.2, 0.25) is 0 Å². The standard InChI is InChI=1S/C13H18/c1-3-4-6-9-12(2)13-10-7-5-8-11-13/h5-12H,3-4H2,1-2H3. The van der Waals surface area contributed by atoms with Crippen LogP contribution in [0.4, 0.5) is 0 Å². The first-order valence-electron chi connectivity index (χ1n) is 5.06. The maximum atomic E-state index is 2.29. The molecule has 0 saturated heterocycles. The fraction of sp³-hybridized carbons (Fsp3) is 0.385. The van der Waals surface area contributed by atoms with Crippen molar-refractivity contribution < 1.29 is 0 Å². The third kappa shape index (κ3) is 3.45.